The van der Waals surface area contributed by atoms with Gasteiger partial charge in [0.15, 0.2) is 0 Å². The van der Waals surface area contributed by atoms with Crippen molar-refractivity contribution in [2.24, 2.45) is 0 Å². The Morgan fingerprint density at radius 3 is 2.56 bits per heavy atom. The Labute approximate surface area is 103 Å². The van der Waals surface area contributed by atoms with Crippen molar-refractivity contribution in [1.82, 2.24) is 9.97 Å². The lowest BCUT2D eigenvalue weighted by Crippen LogP contribution is -1.84. The lowest BCUT2D eigenvalue weighted by Gasteiger charge is -2.00. The van der Waals surface area contributed by atoms with E-state index in [0.717, 1.165) is 17.0 Å². The van der Waals surface area contributed by atoms with Crippen molar-refractivity contribution in [2.45, 2.75) is 6.92 Å². The van der Waals surface area contributed by atoms with E-state index in [1.54, 1.807) is 19.2 Å². The van der Waals surface area contributed by atoms with Crippen LogP contribution in [0.1, 0.15) is 5.69 Å². The van der Waals surface area contributed by atoms with Gasteiger partial charge in [0.05, 0.1) is 22.8 Å². The zero-order chi connectivity index (χ0) is 11.7. The van der Waals surface area contributed by atoms with Crippen molar-refractivity contribution in [1.29, 1.82) is 0 Å². The molecule has 1 N–H and O–H groups in total. The Morgan fingerprint density at radius 1 is 1.25 bits per heavy atom. The summed E-state index contributed by atoms with van der Waals surface area (Å²) in [5.74, 6) is 0. The van der Waals surface area contributed by atoms with Crippen molar-refractivity contribution in [3.8, 4) is 17.3 Å². The van der Waals surface area contributed by atoms with E-state index in [9.17, 15) is 0 Å². The van der Waals surface area contributed by atoms with Crippen LogP contribution in [0.4, 0.5) is 0 Å². The summed E-state index contributed by atoms with van der Waals surface area (Å²) in [6.07, 6.45) is 0. The molecule has 2 aromatic rings. The number of hydrogen-bond donors (Lipinski definition) is 1. The molecule has 0 radical (unpaired) electrons. The van der Waals surface area contributed by atoms with Gasteiger partial charge in [-0.1, -0.05) is 29.3 Å². The van der Waals surface area contributed by atoms with E-state index in [2.05, 4.69) is 9.97 Å². The molecule has 0 saturated carbocycles. The van der Waals surface area contributed by atoms with Gasteiger partial charge < -0.3 is 9.72 Å². The van der Waals surface area contributed by atoms with Gasteiger partial charge in [-0.05, 0) is 19.1 Å². The predicted octanol–water partition coefficient (Wildman–Crippen LogP) is 3.70. The molecule has 0 bridgehead atoms. The van der Waals surface area contributed by atoms with Crippen molar-refractivity contribution >= 4 is 23.2 Å². The number of H-pyrrole nitrogens is 1. The van der Waals surface area contributed by atoms with Gasteiger partial charge in [-0.2, -0.15) is 4.98 Å². The summed E-state index contributed by atoms with van der Waals surface area (Å²) >= 11 is 11.8. The van der Waals surface area contributed by atoms with E-state index in [0.29, 0.717) is 16.1 Å². The molecule has 5 heteroatoms. The minimum Gasteiger partial charge on any atom is -0.468 e. The van der Waals surface area contributed by atoms with Crippen LogP contribution in [0.3, 0.4) is 0 Å². The summed E-state index contributed by atoms with van der Waals surface area (Å²) < 4.78 is 5.03. The van der Waals surface area contributed by atoms with Crippen LogP contribution in [0.25, 0.3) is 11.3 Å². The molecule has 0 atom stereocenters. The van der Waals surface area contributed by atoms with Crippen LogP contribution in [-0.4, -0.2) is 17.1 Å². The number of imidazole rings is 1. The topological polar surface area (TPSA) is 37.9 Å². The van der Waals surface area contributed by atoms with Crippen LogP contribution in [-0.2, 0) is 0 Å². The molecular formula is C11H10Cl2N2O. The Hall–Kier alpha value is -1.19. The lowest BCUT2D eigenvalue weighted by molar-refractivity contribution is 0.384. The van der Waals surface area contributed by atoms with Gasteiger partial charge in [0.2, 0.25) is 0 Å². The number of rotatable bonds is 2. The Balaban J connectivity index is 2.49. The molecule has 3 nitrogen and oxygen atoms in total. The smallest absolute Gasteiger partial charge is 0.294 e. The van der Waals surface area contributed by atoms with E-state index in [1.807, 2.05) is 13.0 Å². The number of nitrogens with zero attached hydrogens (tertiary/aromatic N) is 1. The van der Waals surface area contributed by atoms with Crippen LogP contribution in [0.2, 0.25) is 10.0 Å². The van der Waals surface area contributed by atoms with Gasteiger partial charge >= 0.3 is 0 Å². The molecule has 0 saturated heterocycles. The maximum absolute atomic E-state index is 5.96. The minimum absolute atomic E-state index is 0.485. The van der Waals surface area contributed by atoms with Crippen molar-refractivity contribution in [3.63, 3.8) is 0 Å². The number of methoxy groups -OCH3 is 1. The molecule has 16 heavy (non-hydrogen) atoms. The van der Waals surface area contributed by atoms with Gasteiger partial charge in [0, 0.05) is 11.3 Å². The van der Waals surface area contributed by atoms with Crippen LogP contribution in [0.15, 0.2) is 18.2 Å². The molecule has 0 spiro atoms. The van der Waals surface area contributed by atoms with E-state index in [1.165, 1.54) is 0 Å². The van der Waals surface area contributed by atoms with Crippen LogP contribution in [0.5, 0.6) is 6.01 Å². The highest BCUT2D eigenvalue weighted by Gasteiger charge is 2.10. The molecule has 2 rings (SSSR count). The average Bonchev–Trinajstić information content (AvgIpc) is 2.64. The molecule has 0 amide bonds. The molecule has 0 aliphatic rings. The molecular weight excluding hydrogens is 247 g/mol. The minimum atomic E-state index is 0.485. The monoisotopic (exact) mass is 256 g/mol. The Morgan fingerprint density at radius 2 is 2.00 bits per heavy atom. The zero-order valence-corrected chi connectivity index (χ0v) is 10.4. The maximum Gasteiger partial charge on any atom is 0.294 e. The third-order valence-electron chi connectivity index (χ3n) is 2.25. The first-order valence-corrected chi connectivity index (χ1v) is 5.43. The third-order valence-corrected chi connectivity index (χ3v) is 2.99. The summed E-state index contributed by atoms with van der Waals surface area (Å²) in [5.41, 5.74) is 2.65. The summed E-state index contributed by atoms with van der Waals surface area (Å²) in [4.78, 5) is 7.31. The third kappa shape index (κ3) is 2.01. The highest BCUT2D eigenvalue weighted by atomic mass is 35.5. The van der Waals surface area contributed by atoms with Crippen LogP contribution >= 0.6 is 23.2 Å². The molecule has 84 valence electrons. The quantitative estimate of drug-likeness (QED) is 0.890. The fraction of sp³-hybridized carbons (Fsp3) is 0.182. The normalized spacial score (nSPS) is 10.5. The van der Waals surface area contributed by atoms with E-state index in [-0.39, 0.29) is 0 Å². The molecule has 1 aromatic carbocycles. The number of halogens is 2. The Bertz CT molecular complexity index is 523. The van der Waals surface area contributed by atoms with E-state index < -0.39 is 0 Å². The van der Waals surface area contributed by atoms with Crippen molar-refractivity contribution < 1.29 is 4.74 Å². The number of hydrogen-bond acceptors (Lipinski definition) is 2. The van der Waals surface area contributed by atoms with Gasteiger partial charge in [-0.25, -0.2) is 0 Å². The second kappa shape index (κ2) is 4.36. The van der Waals surface area contributed by atoms with Crippen molar-refractivity contribution in [2.75, 3.05) is 7.11 Å². The fourth-order valence-corrected chi connectivity index (χ4v) is 1.75. The van der Waals surface area contributed by atoms with Crippen LogP contribution < -0.4 is 4.74 Å². The predicted molar refractivity (Wildman–Crippen MR) is 65.3 cm³/mol. The molecule has 1 aromatic heterocycles. The van der Waals surface area contributed by atoms with Gasteiger partial charge in [0.1, 0.15) is 0 Å². The second-order valence-electron chi connectivity index (χ2n) is 3.35. The fourth-order valence-electron chi connectivity index (χ4n) is 1.45. The molecule has 0 fully saturated rings. The first-order chi connectivity index (χ1) is 7.61. The van der Waals surface area contributed by atoms with Gasteiger partial charge in [0.25, 0.3) is 6.01 Å². The summed E-state index contributed by atoms with van der Waals surface area (Å²) in [6, 6.07) is 5.89. The highest BCUT2D eigenvalue weighted by molar-refractivity contribution is 6.42. The lowest BCUT2D eigenvalue weighted by atomic mass is 10.1. The van der Waals surface area contributed by atoms with E-state index in [4.69, 9.17) is 27.9 Å². The summed E-state index contributed by atoms with van der Waals surface area (Å²) in [7, 11) is 1.57. The summed E-state index contributed by atoms with van der Waals surface area (Å²) in [5, 5.41) is 1.05. The van der Waals surface area contributed by atoms with Gasteiger partial charge in [-0.3, -0.25) is 0 Å². The number of nitrogens with one attached hydrogen (secondary N) is 1. The Kier molecular flexibility index (Phi) is 3.08. The standard InChI is InChI=1S/C11H10Cl2N2O/c1-6-10(15-11(14-6)16-2)7-3-4-8(12)9(13)5-7/h3-5H,1-2H3,(H,14,15). The number of aryl methyl sites for hydroxylation is 1. The van der Waals surface area contributed by atoms with Gasteiger partial charge in [-0.15, -0.1) is 0 Å². The molecule has 0 aliphatic carbocycles. The number of benzene rings is 1. The molecule has 0 unspecified atom stereocenters. The number of ether oxygens (including phenoxy) is 1. The first kappa shape index (κ1) is 11.3. The van der Waals surface area contributed by atoms with E-state index >= 15 is 0 Å². The zero-order valence-electron chi connectivity index (χ0n) is 8.84. The first-order valence-electron chi connectivity index (χ1n) is 4.68. The highest BCUT2D eigenvalue weighted by Crippen LogP contribution is 2.29. The molecule has 0 aliphatic heterocycles. The average molecular weight is 257 g/mol. The largest absolute Gasteiger partial charge is 0.468 e. The number of aromatic amines is 1. The summed E-state index contributed by atoms with van der Waals surface area (Å²) in [6.45, 7) is 1.92. The SMILES string of the molecule is COc1nc(-c2ccc(Cl)c(Cl)c2)c(C)[nH]1. The number of aromatic nitrogens is 2. The second-order valence-corrected chi connectivity index (χ2v) is 4.16. The van der Waals surface area contributed by atoms with Crippen molar-refractivity contribution in [3.05, 3.63) is 33.9 Å². The maximum atomic E-state index is 5.96. The van der Waals surface area contributed by atoms with Crippen LogP contribution in [0, 0.1) is 6.92 Å². The molecule has 1 heterocycles.